The van der Waals surface area contributed by atoms with Crippen molar-refractivity contribution in [2.24, 2.45) is 17.6 Å². The minimum absolute atomic E-state index is 0.0456. The van der Waals surface area contributed by atoms with Gasteiger partial charge in [0.25, 0.3) is 5.91 Å². The van der Waals surface area contributed by atoms with E-state index in [9.17, 15) is 18.4 Å². The summed E-state index contributed by atoms with van der Waals surface area (Å²) in [6.45, 7) is 3.45. The summed E-state index contributed by atoms with van der Waals surface area (Å²) in [5, 5.41) is 0. The number of nitrogens with zero attached hydrogens (tertiary/aromatic N) is 2. The smallest absolute Gasteiger partial charge is 0.259 e. The van der Waals surface area contributed by atoms with Crippen molar-refractivity contribution in [2.45, 2.75) is 6.42 Å². The maximum Gasteiger partial charge on any atom is 0.259 e. The fourth-order valence-electron chi connectivity index (χ4n) is 4.70. The van der Waals surface area contributed by atoms with Crippen LogP contribution in [0.5, 0.6) is 0 Å². The van der Waals surface area contributed by atoms with Crippen LogP contribution in [-0.4, -0.2) is 54.3 Å². The molecule has 0 spiro atoms. The van der Waals surface area contributed by atoms with E-state index in [2.05, 4.69) is 4.90 Å². The number of nitrogen functional groups attached to an aromatic ring is 1. The van der Waals surface area contributed by atoms with Crippen molar-refractivity contribution in [1.29, 1.82) is 0 Å². The Kier molecular flexibility index (Phi) is 5.91. The zero-order valence-electron chi connectivity index (χ0n) is 17.1. The number of likely N-dealkylation sites (tertiary alicyclic amines) is 2. The summed E-state index contributed by atoms with van der Waals surface area (Å²) in [5.41, 5.74) is 11.6. The van der Waals surface area contributed by atoms with Crippen LogP contribution in [0.2, 0.25) is 0 Å². The maximum absolute atomic E-state index is 14.1. The molecule has 2 amide bonds. The van der Waals surface area contributed by atoms with Crippen molar-refractivity contribution in [2.75, 3.05) is 38.5 Å². The first-order valence-electron chi connectivity index (χ1n) is 10.3. The fourth-order valence-corrected chi connectivity index (χ4v) is 4.70. The Morgan fingerprint density at radius 3 is 2.26 bits per heavy atom. The number of anilines is 1. The quantitative estimate of drug-likeness (QED) is 0.692. The summed E-state index contributed by atoms with van der Waals surface area (Å²) in [7, 11) is 0. The van der Waals surface area contributed by atoms with Crippen LogP contribution in [0.25, 0.3) is 0 Å². The van der Waals surface area contributed by atoms with Crippen LogP contribution in [-0.2, 0) is 0 Å². The molecule has 2 aromatic carbocycles. The van der Waals surface area contributed by atoms with Gasteiger partial charge in [0, 0.05) is 37.4 Å². The summed E-state index contributed by atoms with van der Waals surface area (Å²) in [6.07, 6.45) is 2.78. The third-order valence-electron chi connectivity index (χ3n) is 6.16. The number of carbonyl (C=O) groups is 2. The number of nitrogens with two attached hydrogens (primary N) is 2. The van der Waals surface area contributed by atoms with E-state index in [0.29, 0.717) is 18.7 Å². The summed E-state index contributed by atoms with van der Waals surface area (Å²) in [4.78, 5) is 28.1. The summed E-state index contributed by atoms with van der Waals surface area (Å²) < 4.78 is 28.2. The molecular weight excluding hydrogens is 402 g/mol. The molecule has 6 nitrogen and oxygen atoms in total. The first-order chi connectivity index (χ1) is 14.8. The summed E-state index contributed by atoms with van der Waals surface area (Å²) in [6, 6.07) is 9.19. The van der Waals surface area contributed by atoms with Gasteiger partial charge in [-0.25, -0.2) is 8.78 Å². The van der Waals surface area contributed by atoms with Gasteiger partial charge in [-0.2, -0.15) is 0 Å². The van der Waals surface area contributed by atoms with Crippen molar-refractivity contribution in [3.8, 4) is 0 Å². The molecule has 2 atom stereocenters. The van der Waals surface area contributed by atoms with Crippen LogP contribution in [0.3, 0.4) is 0 Å². The number of rotatable bonds is 6. The van der Waals surface area contributed by atoms with Crippen LogP contribution in [0.4, 0.5) is 14.5 Å². The lowest BCUT2D eigenvalue weighted by Gasteiger charge is -2.22. The Balaban J connectivity index is 1.30. The first kappa shape index (κ1) is 21.2. The van der Waals surface area contributed by atoms with Gasteiger partial charge in [-0.3, -0.25) is 9.59 Å². The molecule has 163 valence electrons. The molecule has 2 saturated heterocycles. The number of halogens is 2. The molecule has 0 bridgehead atoms. The van der Waals surface area contributed by atoms with E-state index in [-0.39, 0.29) is 17.5 Å². The molecule has 2 aliphatic rings. The van der Waals surface area contributed by atoms with Crippen LogP contribution < -0.4 is 11.5 Å². The van der Waals surface area contributed by atoms with Crippen molar-refractivity contribution in [3.05, 3.63) is 71.1 Å². The molecule has 2 heterocycles. The summed E-state index contributed by atoms with van der Waals surface area (Å²) in [5.74, 6) is -2.35. The third-order valence-corrected chi connectivity index (χ3v) is 6.16. The maximum atomic E-state index is 14.1. The lowest BCUT2D eigenvalue weighted by molar-refractivity contribution is 0.0764. The highest BCUT2D eigenvalue weighted by atomic mass is 19.1. The number of carbonyl (C=O) groups excluding carboxylic acids is 2. The SMILES string of the molecule is NC(=O)c1ccccc1[CH]CCN1CC2CN(C(=O)c3c(F)cc(N)cc3F)C[C@@H]2C1. The highest BCUT2D eigenvalue weighted by molar-refractivity contribution is 5.95. The Bertz CT molecular complexity index is 976. The van der Waals surface area contributed by atoms with Crippen molar-refractivity contribution >= 4 is 17.5 Å². The minimum atomic E-state index is -0.923. The molecular formula is C23H25F2N4O2. The van der Waals surface area contributed by atoms with Gasteiger partial charge in [-0.05, 0) is 55.0 Å². The second kappa shape index (κ2) is 8.63. The fraction of sp³-hybridized carbons (Fsp3) is 0.348. The van der Waals surface area contributed by atoms with E-state index in [4.69, 9.17) is 11.5 Å². The first-order valence-corrected chi connectivity index (χ1v) is 10.3. The number of fused-ring (bicyclic) bond motifs is 1. The van der Waals surface area contributed by atoms with Gasteiger partial charge in [-0.15, -0.1) is 0 Å². The van der Waals surface area contributed by atoms with Gasteiger partial charge >= 0.3 is 0 Å². The second-order valence-electron chi connectivity index (χ2n) is 8.29. The number of benzene rings is 2. The zero-order valence-corrected chi connectivity index (χ0v) is 17.1. The van der Waals surface area contributed by atoms with Crippen molar-refractivity contribution in [3.63, 3.8) is 0 Å². The number of hydrogen-bond acceptors (Lipinski definition) is 4. The topological polar surface area (TPSA) is 92.7 Å². The Morgan fingerprint density at radius 1 is 1.03 bits per heavy atom. The lowest BCUT2D eigenvalue weighted by atomic mass is 10.0. The van der Waals surface area contributed by atoms with Crippen molar-refractivity contribution in [1.82, 2.24) is 9.80 Å². The summed E-state index contributed by atoms with van der Waals surface area (Å²) >= 11 is 0. The number of hydrogen-bond donors (Lipinski definition) is 2. The van der Waals surface area contributed by atoms with E-state index in [1.165, 1.54) is 0 Å². The molecule has 0 aromatic heterocycles. The van der Waals surface area contributed by atoms with Gasteiger partial charge in [0.1, 0.15) is 17.2 Å². The van der Waals surface area contributed by atoms with Crippen LogP contribution in [0.15, 0.2) is 36.4 Å². The van der Waals surface area contributed by atoms with Gasteiger partial charge in [0.05, 0.1) is 0 Å². The largest absolute Gasteiger partial charge is 0.399 e. The molecule has 2 aromatic rings. The highest BCUT2D eigenvalue weighted by Gasteiger charge is 2.42. The van der Waals surface area contributed by atoms with Gasteiger partial charge in [0.2, 0.25) is 5.91 Å². The van der Waals surface area contributed by atoms with Gasteiger partial charge < -0.3 is 21.3 Å². The second-order valence-corrected chi connectivity index (χ2v) is 8.29. The van der Waals surface area contributed by atoms with E-state index in [0.717, 1.165) is 43.8 Å². The monoisotopic (exact) mass is 427 g/mol. The molecule has 8 heteroatoms. The molecule has 4 rings (SSSR count). The standard InChI is InChI=1S/C23H25F2N4O2/c24-19-8-17(26)9-20(25)21(19)23(31)29-12-15-10-28(11-16(15)13-29)7-3-5-14-4-1-2-6-18(14)22(27)30/h1-2,4-6,8-9,15-16H,3,7,10-13,26H2,(H2,27,30)/t15-,16?/m0/s1. The highest BCUT2D eigenvalue weighted by Crippen LogP contribution is 2.33. The Morgan fingerprint density at radius 2 is 1.65 bits per heavy atom. The molecule has 31 heavy (non-hydrogen) atoms. The predicted molar refractivity (Wildman–Crippen MR) is 113 cm³/mol. The Labute approximate surface area is 179 Å². The molecule has 0 saturated carbocycles. The Hall–Kier alpha value is -3.00. The van der Waals surface area contributed by atoms with Crippen LogP contribution >= 0.6 is 0 Å². The molecule has 4 N–H and O–H groups in total. The lowest BCUT2D eigenvalue weighted by Crippen LogP contribution is -2.34. The zero-order chi connectivity index (χ0) is 22.1. The average Bonchev–Trinajstić information content (AvgIpc) is 3.26. The van der Waals surface area contributed by atoms with E-state index in [1.807, 2.05) is 18.6 Å². The predicted octanol–water partition coefficient (Wildman–Crippen LogP) is 2.29. The third kappa shape index (κ3) is 4.39. The molecule has 1 radical (unpaired) electrons. The van der Waals surface area contributed by atoms with Crippen molar-refractivity contribution < 1.29 is 18.4 Å². The number of primary amides is 1. The van der Waals surface area contributed by atoms with Crippen LogP contribution in [0, 0.1) is 29.9 Å². The average molecular weight is 427 g/mol. The van der Waals surface area contributed by atoms with Gasteiger partial charge in [0.15, 0.2) is 0 Å². The molecule has 2 fully saturated rings. The van der Waals surface area contributed by atoms with Crippen LogP contribution in [0.1, 0.15) is 32.7 Å². The molecule has 0 aliphatic carbocycles. The molecule has 2 aliphatic heterocycles. The van der Waals surface area contributed by atoms with E-state index >= 15 is 0 Å². The normalized spacial score (nSPS) is 20.8. The molecule has 1 unspecified atom stereocenters. The van der Waals surface area contributed by atoms with E-state index < -0.39 is 29.0 Å². The van der Waals surface area contributed by atoms with E-state index in [1.54, 1.807) is 17.0 Å². The van der Waals surface area contributed by atoms with Gasteiger partial charge in [-0.1, -0.05) is 18.2 Å². The number of amides is 2. The minimum Gasteiger partial charge on any atom is -0.399 e.